The Kier molecular flexibility index (Phi) is 3.75. The van der Waals surface area contributed by atoms with Crippen LogP contribution < -0.4 is 0 Å². The van der Waals surface area contributed by atoms with Crippen LogP contribution in [0.4, 0.5) is 0 Å². The summed E-state index contributed by atoms with van der Waals surface area (Å²) >= 11 is 0. The molecule has 0 aliphatic heterocycles. The van der Waals surface area contributed by atoms with Gasteiger partial charge in [-0.15, -0.1) is 0 Å². The normalized spacial score (nSPS) is 46.0. The standard InChI is InChI=1S/C21H28O4/c1-12(22)25-14-6-8-20(2)13(10-14)11-17(23)19-15-4-5-18(24)21(15,3)9-7-16(19)20/h11,14-16,19H,4-10H2,1-3H3/t14-,15-,16?,19-,20-,21-/m0/s1. The Hall–Kier alpha value is -1.45. The Morgan fingerprint density at radius 2 is 1.76 bits per heavy atom. The SMILES string of the molecule is CC(=O)O[C@H]1CC[C@@]2(C)C(=CC(=O)[C@@H]3C2CC[C@]2(C)C(=O)CC[C@@H]32)C1. The predicted molar refractivity (Wildman–Crippen MR) is 92.7 cm³/mol. The number of ether oxygens (including phenoxy) is 1. The summed E-state index contributed by atoms with van der Waals surface area (Å²) < 4.78 is 5.42. The number of rotatable bonds is 1. The molecule has 4 heteroatoms. The van der Waals surface area contributed by atoms with Crippen LogP contribution in [0.25, 0.3) is 0 Å². The molecule has 3 fully saturated rings. The predicted octanol–water partition coefficient (Wildman–Crippen LogP) is 3.63. The highest BCUT2D eigenvalue weighted by atomic mass is 16.5. The van der Waals surface area contributed by atoms with E-state index in [2.05, 4.69) is 13.8 Å². The van der Waals surface area contributed by atoms with Crippen molar-refractivity contribution in [2.24, 2.45) is 28.6 Å². The van der Waals surface area contributed by atoms with Gasteiger partial charge in [0.25, 0.3) is 0 Å². The van der Waals surface area contributed by atoms with Crippen LogP contribution >= 0.6 is 0 Å². The molecule has 0 spiro atoms. The van der Waals surface area contributed by atoms with Crippen LogP contribution in [0.5, 0.6) is 0 Å². The zero-order chi connectivity index (χ0) is 18.0. The Morgan fingerprint density at radius 3 is 2.48 bits per heavy atom. The minimum Gasteiger partial charge on any atom is -0.462 e. The molecule has 4 aliphatic carbocycles. The highest BCUT2D eigenvalue weighted by Gasteiger charge is 2.61. The largest absolute Gasteiger partial charge is 0.462 e. The van der Waals surface area contributed by atoms with E-state index < -0.39 is 0 Å². The summed E-state index contributed by atoms with van der Waals surface area (Å²) in [5, 5.41) is 0. The lowest BCUT2D eigenvalue weighted by molar-refractivity contribution is -0.149. The molecule has 136 valence electrons. The third-order valence-corrected chi connectivity index (χ3v) is 7.94. The highest BCUT2D eigenvalue weighted by molar-refractivity contribution is 5.96. The fraction of sp³-hybridized carbons (Fsp3) is 0.762. The van der Waals surface area contributed by atoms with E-state index >= 15 is 0 Å². The molecule has 0 aromatic carbocycles. The van der Waals surface area contributed by atoms with Crippen molar-refractivity contribution in [3.05, 3.63) is 11.6 Å². The zero-order valence-corrected chi connectivity index (χ0v) is 15.5. The first-order valence-corrected chi connectivity index (χ1v) is 9.71. The van der Waals surface area contributed by atoms with Gasteiger partial charge >= 0.3 is 5.97 Å². The smallest absolute Gasteiger partial charge is 0.302 e. The summed E-state index contributed by atoms with van der Waals surface area (Å²) in [6, 6.07) is 0. The van der Waals surface area contributed by atoms with Gasteiger partial charge in [-0.1, -0.05) is 19.4 Å². The van der Waals surface area contributed by atoms with Crippen molar-refractivity contribution < 1.29 is 19.1 Å². The maximum absolute atomic E-state index is 13.1. The number of esters is 1. The summed E-state index contributed by atoms with van der Waals surface area (Å²) in [5.41, 5.74) is 0.902. The fourth-order valence-corrected chi connectivity index (χ4v) is 6.48. The third-order valence-electron chi connectivity index (χ3n) is 7.94. The Bertz CT molecular complexity index is 677. The van der Waals surface area contributed by atoms with Crippen LogP contribution in [-0.2, 0) is 19.1 Å². The Labute approximate surface area is 149 Å². The second-order valence-electron chi connectivity index (χ2n) is 9.12. The van der Waals surface area contributed by atoms with E-state index in [0.29, 0.717) is 24.5 Å². The van der Waals surface area contributed by atoms with Gasteiger partial charge in [-0.2, -0.15) is 0 Å². The molecule has 0 saturated heterocycles. The minimum absolute atomic E-state index is 0.00391. The summed E-state index contributed by atoms with van der Waals surface area (Å²) in [6.07, 6.45) is 7.66. The minimum atomic E-state index is -0.284. The molecule has 0 aromatic heterocycles. The molecule has 0 bridgehead atoms. The molecule has 4 nitrogen and oxygen atoms in total. The maximum Gasteiger partial charge on any atom is 0.302 e. The van der Waals surface area contributed by atoms with Crippen LogP contribution in [0.3, 0.4) is 0 Å². The first kappa shape index (κ1) is 17.0. The third kappa shape index (κ3) is 2.36. The van der Waals surface area contributed by atoms with Gasteiger partial charge in [0, 0.05) is 31.1 Å². The average molecular weight is 344 g/mol. The maximum atomic E-state index is 13.1. The fourth-order valence-electron chi connectivity index (χ4n) is 6.48. The number of hydrogen-bond acceptors (Lipinski definition) is 4. The lowest BCUT2D eigenvalue weighted by atomic mass is 9.48. The van der Waals surface area contributed by atoms with Crippen LogP contribution in [0.2, 0.25) is 0 Å². The molecule has 1 unspecified atom stereocenters. The number of ketones is 2. The van der Waals surface area contributed by atoms with Crippen LogP contribution in [0.1, 0.15) is 65.7 Å². The van der Waals surface area contributed by atoms with Gasteiger partial charge in [-0.25, -0.2) is 0 Å². The molecule has 25 heavy (non-hydrogen) atoms. The van der Waals surface area contributed by atoms with E-state index in [1.807, 2.05) is 6.08 Å². The van der Waals surface area contributed by atoms with E-state index in [1.54, 1.807) is 0 Å². The molecular formula is C21H28O4. The van der Waals surface area contributed by atoms with Gasteiger partial charge in [0.1, 0.15) is 11.9 Å². The van der Waals surface area contributed by atoms with Gasteiger partial charge < -0.3 is 4.74 Å². The molecule has 0 amide bonds. The van der Waals surface area contributed by atoms with Crippen molar-refractivity contribution in [1.82, 2.24) is 0 Å². The molecular weight excluding hydrogens is 316 g/mol. The average Bonchev–Trinajstić information content (AvgIpc) is 2.84. The first-order chi connectivity index (χ1) is 11.8. The van der Waals surface area contributed by atoms with Crippen molar-refractivity contribution in [2.45, 2.75) is 71.8 Å². The van der Waals surface area contributed by atoms with E-state index in [4.69, 9.17) is 4.74 Å². The molecule has 0 aromatic rings. The first-order valence-electron chi connectivity index (χ1n) is 9.71. The zero-order valence-electron chi connectivity index (χ0n) is 15.5. The van der Waals surface area contributed by atoms with Crippen LogP contribution in [0, 0.1) is 28.6 Å². The highest BCUT2D eigenvalue weighted by Crippen LogP contribution is 2.63. The molecule has 4 rings (SSSR count). The Balaban J connectivity index is 1.67. The number of hydrogen-bond donors (Lipinski definition) is 0. The number of carbonyl (C=O) groups excluding carboxylic acids is 3. The Morgan fingerprint density at radius 1 is 1.08 bits per heavy atom. The van der Waals surface area contributed by atoms with Gasteiger partial charge in [-0.3, -0.25) is 14.4 Å². The number of Topliss-reactive ketones (excluding diaryl/α,β-unsaturated/α-hetero) is 1. The summed E-state index contributed by atoms with van der Waals surface area (Å²) in [7, 11) is 0. The summed E-state index contributed by atoms with van der Waals surface area (Å²) in [5.74, 6) is 0.888. The van der Waals surface area contributed by atoms with E-state index in [1.165, 1.54) is 12.5 Å². The second kappa shape index (κ2) is 5.52. The van der Waals surface area contributed by atoms with E-state index in [-0.39, 0.29) is 40.5 Å². The topological polar surface area (TPSA) is 60.4 Å². The van der Waals surface area contributed by atoms with Gasteiger partial charge in [0.2, 0.25) is 0 Å². The van der Waals surface area contributed by atoms with Crippen LogP contribution in [0.15, 0.2) is 11.6 Å². The summed E-state index contributed by atoms with van der Waals surface area (Å²) in [6.45, 7) is 5.84. The van der Waals surface area contributed by atoms with E-state index in [0.717, 1.165) is 32.1 Å². The number of fused-ring (bicyclic) bond motifs is 5. The quantitative estimate of drug-likeness (QED) is 0.682. The number of carbonyl (C=O) groups is 3. The van der Waals surface area contributed by atoms with Gasteiger partial charge in [-0.05, 0) is 55.4 Å². The van der Waals surface area contributed by atoms with Crippen molar-refractivity contribution >= 4 is 17.5 Å². The lowest BCUT2D eigenvalue weighted by Gasteiger charge is -2.55. The molecule has 6 atom stereocenters. The van der Waals surface area contributed by atoms with Crippen molar-refractivity contribution in [2.75, 3.05) is 0 Å². The van der Waals surface area contributed by atoms with Crippen LogP contribution in [-0.4, -0.2) is 23.6 Å². The van der Waals surface area contributed by atoms with E-state index in [9.17, 15) is 14.4 Å². The van der Waals surface area contributed by atoms with Crippen molar-refractivity contribution in [1.29, 1.82) is 0 Å². The van der Waals surface area contributed by atoms with Crippen molar-refractivity contribution in [3.8, 4) is 0 Å². The molecule has 0 radical (unpaired) electrons. The molecule has 0 N–H and O–H groups in total. The molecule has 4 aliphatic rings. The van der Waals surface area contributed by atoms with Crippen molar-refractivity contribution in [3.63, 3.8) is 0 Å². The molecule has 3 saturated carbocycles. The number of allylic oxidation sites excluding steroid dienone is 1. The summed E-state index contributed by atoms with van der Waals surface area (Å²) in [4.78, 5) is 36.8. The lowest BCUT2D eigenvalue weighted by Crippen LogP contribution is -2.53. The van der Waals surface area contributed by atoms with Gasteiger partial charge in [0.15, 0.2) is 5.78 Å². The second-order valence-corrected chi connectivity index (χ2v) is 9.12. The molecule has 0 heterocycles. The monoisotopic (exact) mass is 344 g/mol. The van der Waals surface area contributed by atoms with Gasteiger partial charge in [0.05, 0.1) is 0 Å².